The van der Waals surface area contributed by atoms with E-state index in [0.717, 1.165) is 5.56 Å². The molecule has 0 radical (unpaired) electrons. The van der Waals surface area contributed by atoms with Gasteiger partial charge in [-0.25, -0.2) is 0 Å². The van der Waals surface area contributed by atoms with Crippen LogP contribution in [0.4, 0.5) is 0 Å². The Labute approximate surface area is 140 Å². The number of carbonyl (C=O) groups excluding carboxylic acids is 2. The Morgan fingerprint density at radius 1 is 0.917 bits per heavy atom. The van der Waals surface area contributed by atoms with Crippen molar-refractivity contribution < 1.29 is 19.1 Å². The molecule has 3 rings (SSSR count). The maximum absolute atomic E-state index is 12.5. The summed E-state index contributed by atoms with van der Waals surface area (Å²) in [5.41, 5.74) is 1.92. The minimum absolute atomic E-state index is 0.233. The highest BCUT2D eigenvalue weighted by atomic mass is 16.5. The van der Waals surface area contributed by atoms with Crippen molar-refractivity contribution in [1.82, 2.24) is 4.90 Å². The molecule has 1 heterocycles. The van der Waals surface area contributed by atoms with Crippen molar-refractivity contribution >= 4 is 11.8 Å². The van der Waals surface area contributed by atoms with Gasteiger partial charge >= 0.3 is 0 Å². The van der Waals surface area contributed by atoms with E-state index in [1.54, 1.807) is 38.5 Å². The molecule has 24 heavy (non-hydrogen) atoms. The molecule has 0 saturated heterocycles. The number of carbonyl (C=O) groups is 2. The Morgan fingerprint density at radius 3 is 2.04 bits per heavy atom. The fraction of sp³-hybridized carbons (Fsp3) is 0.263. The van der Waals surface area contributed by atoms with Crippen molar-refractivity contribution in [1.29, 1.82) is 0 Å². The third-order valence-corrected chi connectivity index (χ3v) is 4.25. The zero-order valence-corrected chi connectivity index (χ0v) is 13.9. The van der Waals surface area contributed by atoms with Gasteiger partial charge < -0.3 is 9.47 Å². The van der Waals surface area contributed by atoms with Crippen molar-refractivity contribution in [2.75, 3.05) is 14.2 Å². The standard InChI is InChI=1S/C19H19NO4/c1-12(10-13-8-9-16(23-2)17(11-13)24-3)20-18(21)14-6-4-5-7-15(14)19(20)22/h4-9,11-12H,10H2,1-3H3. The molecule has 1 aliphatic rings. The number of ether oxygens (including phenoxy) is 2. The van der Waals surface area contributed by atoms with E-state index in [-0.39, 0.29) is 17.9 Å². The second-order valence-corrected chi connectivity index (χ2v) is 5.77. The molecule has 2 amide bonds. The molecule has 0 aliphatic carbocycles. The van der Waals surface area contributed by atoms with Crippen molar-refractivity contribution in [3.63, 3.8) is 0 Å². The molecule has 0 bridgehead atoms. The van der Waals surface area contributed by atoms with E-state index in [0.29, 0.717) is 29.0 Å². The number of imide groups is 1. The fourth-order valence-electron chi connectivity index (χ4n) is 3.05. The predicted molar refractivity (Wildman–Crippen MR) is 89.7 cm³/mol. The largest absolute Gasteiger partial charge is 0.493 e. The number of methoxy groups -OCH3 is 2. The summed E-state index contributed by atoms with van der Waals surface area (Å²) >= 11 is 0. The average molecular weight is 325 g/mol. The molecular formula is C19H19NO4. The van der Waals surface area contributed by atoms with Gasteiger partial charge in [0.2, 0.25) is 0 Å². The van der Waals surface area contributed by atoms with E-state index < -0.39 is 0 Å². The first-order valence-corrected chi connectivity index (χ1v) is 7.74. The number of fused-ring (bicyclic) bond motifs is 1. The SMILES string of the molecule is COc1ccc(CC(C)N2C(=O)c3ccccc3C2=O)cc1OC. The molecule has 0 saturated carbocycles. The summed E-state index contributed by atoms with van der Waals surface area (Å²) in [7, 11) is 3.16. The summed E-state index contributed by atoms with van der Waals surface area (Å²) in [5, 5.41) is 0. The lowest BCUT2D eigenvalue weighted by Crippen LogP contribution is -2.39. The molecule has 5 nitrogen and oxygen atoms in total. The van der Waals surface area contributed by atoms with Gasteiger partial charge in [0.25, 0.3) is 11.8 Å². The summed E-state index contributed by atoms with van der Waals surface area (Å²) in [4.78, 5) is 26.4. The van der Waals surface area contributed by atoms with Crippen LogP contribution in [0.1, 0.15) is 33.2 Å². The van der Waals surface area contributed by atoms with E-state index >= 15 is 0 Å². The van der Waals surface area contributed by atoms with Gasteiger partial charge in [-0.2, -0.15) is 0 Å². The van der Waals surface area contributed by atoms with E-state index in [1.165, 1.54) is 4.90 Å². The molecular weight excluding hydrogens is 306 g/mol. The maximum Gasteiger partial charge on any atom is 0.261 e. The van der Waals surface area contributed by atoms with Crippen LogP contribution in [0, 0.1) is 0 Å². The molecule has 2 aromatic carbocycles. The van der Waals surface area contributed by atoms with Crippen molar-refractivity contribution in [2.45, 2.75) is 19.4 Å². The van der Waals surface area contributed by atoms with Crippen LogP contribution >= 0.6 is 0 Å². The number of hydrogen-bond acceptors (Lipinski definition) is 4. The van der Waals surface area contributed by atoms with Crippen LogP contribution in [0.3, 0.4) is 0 Å². The molecule has 1 atom stereocenters. The quantitative estimate of drug-likeness (QED) is 0.793. The molecule has 0 spiro atoms. The zero-order valence-electron chi connectivity index (χ0n) is 13.9. The molecule has 0 N–H and O–H groups in total. The molecule has 124 valence electrons. The Bertz CT molecular complexity index is 765. The third kappa shape index (κ3) is 2.62. The van der Waals surface area contributed by atoms with Crippen molar-refractivity contribution in [2.24, 2.45) is 0 Å². The summed E-state index contributed by atoms with van der Waals surface area (Å²) in [5.74, 6) is 0.811. The van der Waals surface area contributed by atoms with Crippen molar-refractivity contribution in [3.05, 3.63) is 59.2 Å². The van der Waals surface area contributed by atoms with Gasteiger partial charge in [-0.15, -0.1) is 0 Å². The molecule has 5 heteroatoms. The van der Waals surface area contributed by atoms with Gasteiger partial charge in [-0.3, -0.25) is 14.5 Å². The second kappa shape index (κ2) is 6.35. The van der Waals surface area contributed by atoms with Crippen LogP contribution in [-0.4, -0.2) is 37.0 Å². The Kier molecular flexibility index (Phi) is 4.25. The topological polar surface area (TPSA) is 55.8 Å². The van der Waals surface area contributed by atoms with Gasteiger partial charge in [0.05, 0.1) is 25.3 Å². The maximum atomic E-state index is 12.5. The van der Waals surface area contributed by atoms with E-state index in [4.69, 9.17) is 9.47 Å². The van der Waals surface area contributed by atoms with Crippen LogP contribution < -0.4 is 9.47 Å². The lowest BCUT2D eigenvalue weighted by Gasteiger charge is -2.23. The smallest absolute Gasteiger partial charge is 0.261 e. The molecule has 0 aromatic heterocycles. The van der Waals surface area contributed by atoms with Gasteiger partial charge in [0.1, 0.15) is 0 Å². The lowest BCUT2D eigenvalue weighted by molar-refractivity contribution is 0.0596. The number of benzene rings is 2. The number of rotatable bonds is 5. The Hall–Kier alpha value is -2.82. The van der Waals surface area contributed by atoms with E-state index in [2.05, 4.69) is 0 Å². The second-order valence-electron chi connectivity index (χ2n) is 5.77. The normalized spacial score (nSPS) is 14.5. The minimum atomic E-state index is -0.254. The first-order chi connectivity index (χ1) is 11.6. The van der Waals surface area contributed by atoms with Gasteiger partial charge in [0.15, 0.2) is 11.5 Å². The van der Waals surface area contributed by atoms with Gasteiger partial charge in [-0.05, 0) is 43.2 Å². The summed E-state index contributed by atoms with van der Waals surface area (Å²) < 4.78 is 10.5. The van der Waals surface area contributed by atoms with Gasteiger partial charge in [-0.1, -0.05) is 18.2 Å². The molecule has 1 aliphatic heterocycles. The first kappa shape index (κ1) is 16.1. The fourth-order valence-corrected chi connectivity index (χ4v) is 3.05. The summed E-state index contributed by atoms with van der Waals surface area (Å²) in [6.07, 6.45) is 0.547. The van der Waals surface area contributed by atoms with Crippen molar-refractivity contribution in [3.8, 4) is 11.5 Å². The van der Waals surface area contributed by atoms with Crippen LogP contribution in [0.5, 0.6) is 11.5 Å². The number of nitrogens with zero attached hydrogens (tertiary/aromatic N) is 1. The van der Waals surface area contributed by atoms with Crippen LogP contribution in [0.15, 0.2) is 42.5 Å². The van der Waals surface area contributed by atoms with E-state index in [1.807, 2.05) is 25.1 Å². The van der Waals surface area contributed by atoms with Gasteiger partial charge in [0, 0.05) is 6.04 Å². The zero-order chi connectivity index (χ0) is 17.3. The third-order valence-electron chi connectivity index (χ3n) is 4.25. The number of amides is 2. The minimum Gasteiger partial charge on any atom is -0.493 e. The molecule has 0 fully saturated rings. The number of hydrogen-bond donors (Lipinski definition) is 0. The molecule has 2 aromatic rings. The van der Waals surface area contributed by atoms with E-state index in [9.17, 15) is 9.59 Å². The Balaban J connectivity index is 1.82. The monoisotopic (exact) mass is 325 g/mol. The highest BCUT2D eigenvalue weighted by Crippen LogP contribution is 2.30. The average Bonchev–Trinajstić information content (AvgIpc) is 2.86. The highest BCUT2D eigenvalue weighted by Gasteiger charge is 2.38. The van der Waals surface area contributed by atoms with Crippen LogP contribution in [0.2, 0.25) is 0 Å². The van der Waals surface area contributed by atoms with Crippen LogP contribution in [0.25, 0.3) is 0 Å². The first-order valence-electron chi connectivity index (χ1n) is 7.74. The highest BCUT2D eigenvalue weighted by molar-refractivity contribution is 6.21. The lowest BCUT2D eigenvalue weighted by atomic mass is 10.1. The molecule has 1 unspecified atom stereocenters. The summed E-state index contributed by atoms with van der Waals surface area (Å²) in [6.45, 7) is 1.87. The Morgan fingerprint density at radius 2 is 1.50 bits per heavy atom. The van der Waals surface area contributed by atoms with Crippen LogP contribution in [-0.2, 0) is 6.42 Å². The predicted octanol–water partition coefficient (Wildman–Crippen LogP) is 2.93. The summed E-state index contributed by atoms with van der Waals surface area (Å²) in [6, 6.07) is 12.3.